The van der Waals surface area contributed by atoms with E-state index in [1.54, 1.807) is 12.1 Å². The fourth-order valence-corrected chi connectivity index (χ4v) is 1.36. The van der Waals surface area contributed by atoms with Crippen molar-refractivity contribution < 1.29 is 18.0 Å². The Hall–Kier alpha value is -1.32. The molecule has 0 heterocycles. The first-order valence-corrected chi connectivity index (χ1v) is 5.07. The molecule has 88 valence electrons. The average molecular weight is 230 g/mol. The van der Waals surface area contributed by atoms with Crippen LogP contribution in [0.2, 0.25) is 0 Å². The zero-order chi connectivity index (χ0) is 12.3. The van der Waals surface area contributed by atoms with Crippen LogP contribution in [-0.2, 0) is 0 Å². The molecule has 0 fully saturated rings. The van der Waals surface area contributed by atoms with Gasteiger partial charge in [0.15, 0.2) is 0 Å². The van der Waals surface area contributed by atoms with Crippen LogP contribution in [0.5, 0.6) is 0 Å². The van der Waals surface area contributed by atoms with Crippen molar-refractivity contribution in [3.8, 4) is 0 Å². The van der Waals surface area contributed by atoms with Gasteiger partial charge < -0.3 is 0 Å². The van der Waals surface area contributed by atoms with Gasteiger partial charge >= 0.3 is 6.18 Å². The van der Waals surface area contributed by atoms with Gasteiger partial charge in [0, 0.05) is 5.56 Å². The molecule has 0 aliphatic rings. The summed E-state index contributed by atoms with van der Waals surface area (Å²) in [4.78, 5) is 10.9. The van der Waals surface area contributed by atoms with E-state index in [4.69, 9.17) is 0 Å². The second-order valence-electron chi connectivity index (χ2n) is 3.76. The van der Waals surface area contributed by atoms with Crippen LogP contribution in [0.25, 0.3) is 0 Å². The first kappa shape index (κ1) is 12.7. The number of Topliss-reactive ketones (excluding diaryl/α,β-unsaturated/α-hetero) is 1. The molecule has 1 rings (SSSR count). The SMILES string of the molecule is CCC(C)c1ccc(C(=O)C(F)(F)F)cc1. The zero-order valence-corrected chi connectivity index (χ0v) is 9.14. The molecule has 1 aromatic carbocycles. The Balaban J connectivity index is 2.91. The molecule has 0 aliphatic carbocycles. The number of hydrogen-bond donors (Lipinski definition) is 0. The third-order valence-corrected chi connectivity index (χ3v) is 2.61. The molecule has 0 aliphatic heterocycles. The Morgan fingerprint density at radius 1 is 1.25 bits per heavy atom. The highest BCUT2D eigenvalue weighted by Crippen LogP contribution is 2.24. The van der Waals surface area contributed by atoms with Crippen molar-refractivity contribution in [2.75, 3.05) is 0 Å². The van der Waals surface area contributed by atoms with Crippen molar-refractivity contribution in [2.24, 2.45) is 0 Å². The summed E-state index contributed by atoms with van der Waals surface area (Å²) in [5.41, 5.74) is 0.640. The van der Waals surface area contributed by atoms with Crippen molar-refractivity contribution in [1.29, 1.82) is 0 Å². The number of rotatable bonds is 3. The summed E-state index contributed by atoms with van der Waals surface area (Å²) in [5, 5.41) is 0. The third-order valence-electron chi connectivity index (χ3n) is 2.61. The minimum absolute atomic E-state index is 0.287. The molecule has 1 unspecified atom stereocenters. The van der Waals surface area contributed by atoms with Crippen LogP contribution < -0.4 is 0 Å². The Bertz CT molecular complexity index is 365. The summed E-state index contributed by atoms with van der Waals surface area (Å²) in [6.07, 6.45) is -3.88. The van der Waals surface area contributed by atoms with Gasteiger partial charge in [0.2, 0.25) is 0 Å². The first-order valence-electron chi connectivity index (χ1n) is 5.07. The van der Waals surface area contributed by atoms with Gasteiger partial charge in [-0.25, -0.2) is 0 Å². The molecule has 0 spiro atoms. The lowest BCUT2D eigenvalue weighted by atomic mass is 9.97. The maximum Gasteiger partial charge on any atom is 0.454 e. The van der Waals surface area contributed by atoms with E-state index < -0.39 is 12.0 Å². The Morgan fingerprint density at radius 3 is 2.12 bits per heavy atom. The first-order chi connectivity index (χ1) is 7.36. The molecule has 4 heteroatoms. The van der Waals surface area contributed by atoms with Crippen LogP contribution in [0.3, 0.4) is 0 Å². The van der Waals surface area contributed by atoms with E-state index in [-0.39, 0.29) is 11.5 Å². The van der Waals surface area contributed by atoms with E-state index in [1.165, 1.54) is 12.1 Å². The van der Waals surface area contributed by atoms with Crippen LogP contribution in [0.1, 0.15) is 42.1 Å². The molecule has 1 atom stereocenters. The van der Waals surface area contributed by atoms with Crippen LogP contribution in [0.4, 0.5) is 13.2 Å². The molecule has 1 nitrogen and oxygen atoms in total. The van der Waals surface area contributed by atoms with Crippen molar-refractivity contribution in [1.82, 2.24) is 0 Å². The minimum Gasteiger partial charge on any atom is -0.284 e. The Morgan fingerprint density at radius 2 is 1.75 bits per heavy atom. The molecular weight excluding hydrogens is 217 g/mol. The second kappa shape index (κ2) is 4.68. The lowest BCUT2D eigenvalue weighted by Crippen LogP contribution is -2.22. The molecule has 1 aromatic rings. The van der Waals surface area contributed by atoms with E-state index in [2.05, 4.69) is 0 Å². The standard InChI is InChI=1S/C12H13F3O/c1-3-8(2)9-4-6-10(7-5-9)11(16)12(13,14)15/h4-8H,3H2,1-2H3. The minimum atomic E-state index is -4.79. The number of halogens is 3. The lowest BCUT2D eigenvalue weighted by Gasteiger charge is -2.10. The van der Waals surface area contributed by atoms with Gasteiger partial charge in [0.25, 0.3) is 5.78 Å². The monoisotopic (exact) mass is 230 g/mol. The van der Waals surface area contributed by atoms with Gasteiger partial charge in [0.1, 0.15) is 0 Å². The predicted molar refractivity (Wildman–Crippen MR) is 55.5 cm³/mol. The van der Waals surface area contributed by atoms with E-state index >= 15 is 0 Å². The van der Waals surface area contributed by atoms with Crippen molar-refractivity contribution in [3.63, 3.8) is 0 Å². The second-order valence-corrected chi connectivity index (χ2v) is 3.76. The lowest BCUT2D eigenvalue weighted by molar-refractivity contribution is -0.0885. The fraction of sp³-hybridized carbons (Fsp3) is 0.417. The van der Waals surface area contributed by atoms with Gasteiger partial charge in [-0.05, 0) is 17.9 Å². The maximum absolute atomic E-state index is 12.1. The summed E-state index contributed by atoms with van der Waals surface area (Å²) in [6, 6.07) is 5.62. The molecular formula is C12H13F3O. The molecule has 0 N–H and O–H groups in total. The molecule has 16 heavy (non-hydrogen) atoms. The molecule has 0 saturated carbocycles. The van der Waals surface area contributed by atoms with E-state index in [0.29, 0.717) is 0 Å². The van der Waals surface area contributed by atoms with Gasteiger partial charge in [0.05, 0.1) is 0 Å². The summed E-state index contributed by atoms with van der Waals surface area (Å²) < 4.78 is 36.3. The number of hydrogen-bond acceptors (Lipinski definition) is 1. The van der Waals surface area contributed by atoms with E-state index in [1.807, 2.05) is 13.8 Å². The molecule has 0 amide bonds. The quantitative estimate of drug-likeness (QED) is 0.718. The van der Waals surface area contributed by atoms with E-state index in [0.717, 1.165) is 12.0 Å². The fourth-order valence-electron chi connectivity index (χ4n) is 1.36. The third kappa shape index (κ3) is 2.84. The largest absolute Gasteiger partial charge is 0.454 e. The normalized spacial score (nSPS) is 13.6. The summed E-state index contributed by atoms with van der Waals surface area (Å²) in [7, 11) is 0. The van der Waals surface area contributed by atoms with Gasteiger partial charge in [-0.15, -0.1) is 0 Å². The van der Waals surface area contributed by atoms with Gasteiger partial charge in [-0.1, -0.05) is 38.1 Å². The summed E-state index contributed by atoms with van der Waals surface area (Å²) in [5.74, 6) is -1.50. The molecule has 0 radical (unpaired) electrons. The van der Waals surface area contributed by atoms with Crippen molar-refractivity contribution in [3.05, 3.63) is 35.4 Å². The van der Waals surface area contributed by atoms with E-state index in [9.17, 15) is 18.0 Å². The highest BCUT2D eigenvalue weighted by molar-refractivity contribution is 6.00. The number of benzene rings is 1. The zero-order valence-electron chi connectivity index (χ0n) is 9.14. The Labute approximate surface area is 92.3 Å². The molecule has 0 saturated heterocycles. The van der Waals surface area contributed by atoms with Crippen LogP contribution >= 0.6 is 0 Å². The maximum atomic E-state index is 12.1. The van der Waals surface area contributed by atoms with Crippen molar-refractivity contribution >= 4 is 5.78 Å². The van der Waals surface area contributed by atoms with Crippen LogP contribution in [0.15, 0.2) is 24.3 Å². The Kier molecular flexibility index (Phi) is 3.73. The highest BCUT2D eigenvalue weighted by Gasteiger charge is 2.39. The molecule has 0 aromatic heterocycles. The number of alkyl halides is 3. The topological polar surface area (TPSA) is 17.1 Å². The van der Waals surface area contributed by atoms with Crippen molar-refractivity contribution in [2.45, 2.75) is 32.4 Å². The summed E-state index contributed by atoms with van der Waals surface area (Å²) >= 11 is 0. The van der Waals surface area contributed by atoms with Gasteiger partial charge in [-0.3, -0.25) is 4.79 Å². The van der Waals surface area contributed by atoms with Crippen LogP contribution in [0, 0.1) is 0 Å². The van der Waals surface area contributed by atoms with Crippen LogP contribution in [-0.4, -0.2) is 12.0 Å². The smallest absolute Gasteiger partial charge is 0.284 e. The summed E-state index contributed by atoms with van der Waals surface area (Å²) in [6.45, 7) is 3.99. The number of ketones is 1. The highest BCUT2D eigenvalue weighted by atomic mass is 19.4. The number of carbonyl (C=O) groups is 1. The predicted octanol–water partition coefficient (Wildman–Crippen LogP) is 3.95. The van der Waals surface area contributed by atoms with Gasteiger partial charge in [-0.2, -0.15) is 13.2 Å². The average Bonchev–Trinajstić information content (AvgIpc) is 2.26. The number of carbonyl (C=O) groups excluding carboxylic acids is 1. The molecule has 0 bridgehead atoms.